The molecule has 0 unspecified atom stereocenters. The molecule has 3 saturated heterocycles. The van der Waals surface area contributed by atoms with Crippen LogP contribution in [-0.2, 0) is 4.79 Å². The first-order valence-electron chi connectivity index (χ1n) is 15.9. The van der Waals surface area contributed by atoms with Crippen molar-refractivity contribution in [1.29, 1.82) is 0 Å². The molecule has 0 saturated carbocycles. The Morgan fingerprint density at radius 3 is 2.63 bits per heavy atom. The lowest BCUT2D eigenvalue weighted by Crippen LogP contribution is -2.47. The lowest BCUT2D eigenvalue weighted by Gasteiger charge is -2.35. The highest BCUT2D eigenvalue weighted by Gasteiger charge is 2.45. The zero-order chi connectivity index (χ0) is 32.0. The molecule has 3 aliphatic rings. The fourth-order valence-corrected chi connectivity index (χ4v) is 8.12. The summed E-state index contributed by atoms with van der Waals surface area (Å²) in [6.45, 7) is 6.67. The summed E-state index contributed by atoms with van der Waals surface area (Å²) in [5, 5.41) is 5.85. The van der Waals surface area contributed by atoms with E-state index in [1.807, 2.05) is 24.3 Å². The summed E-state index contributed by atoms with van der Waals surface area (Å²) in [6.07, 6.45) is 6.91. The SMILES string of the molecule is C=C(F)C(=O)N1CCCC[C@H]1CNc1nc(OCC23CCCN2CCC3)nc2cc(-c3cccc4ccc(F)c(Cl)c34)c(Cl)cc12. The Hall–Kier alpha value is -3.53. The first kappa shape index (κ1) is 31.1. The van der Waals surface area contributed by atoms with Crippen LogP contribution < -0.4 is 10.1 Å². The van der Waals surface area contributed by atoms with E-state index in [0.717, 1.165) is 63.4 Å². The number of aromatic nitrogens is 2. The molecule has 4 aromatic rings. The van der Waals surface area contributed by atoms with Gasteiger partial charge in [0.15, 0.2) is 5.83 Å². The second-order valence-corrected chi connectivity index (χ2v) is 13.4. The van der Waals surface area contributed by atoms with Gasteiger partial charge < -0.3 is 15.0 Å². The second kappa shape index (κ2) is 12.6. The molecule has 7 nitrogen and oxygen atoms in total. The highest BCUT2D eigenvalue weighted by Crippen LogP contribution is 2.42. The Morgan fingerprint density at radius 2 is 1.85 bits per heavy atom. The van der Waals surface area contributed by atoms with E-state index in [9.17, 15) is 13.6 Å². The smallest absolute Gasteiger partial charge is 0.319 e. The average molecular weight is 667 g/mol. The summed E-state index contributed by atoms with van der Waals surface area (Å²) in [6, 6.07) is 12.3. The van der Waals surface area contributed by atoms with E-state index in [0.29, 0.717) is 58.0 Å². The predicted molar refractivity (Wildman–Crippen MR) is 179 cm³/mol. The third-order valence-corrected chi connectivity index (χ3v) is 10.6. The number of rotatable bonds is 8. The molecule has 0 radical (unpaired) electrons. The number of piperidine rings is 1. The van der Waals surface area contributed by atoms with Crippen LogP contribution in [0.25, 0.3) is 32.8 Å². The molecule has 11 heteroatoms. The number of hydrogen-bond acceptors (Lipinski definition) is 6. The van der Waals surface area contributed by atoms with Gasteiger partial charge in [-0.1, -0.05) is 54.0 Å². The molecule has 1 amide bonds. The summed E-state index contributed by atoms with van der Waals surface area (Å²) in [5.74, 6) is -1.66. The average Bonchev–Trinajstić information content (AvgIpc) is 3.64. The molecule has 1 N–H and O–H groups in total. The van der Waals surface area contributed by atoms with Gasteiger partial charge in [0.2, 0.25) is 0 Å². The van der Waals surface area contributed by atoms with Crippen molar-refractivity contribution in [2.45, 2.75) is 56.5 Å². The molecular formula is C35H35Cl2F2N5O2. The van der Waals surface area contributed by atoms with Crippen LogP contribution in [0, 0.1) is 5.82 Å². The molecule has 240 valence electrons. The highest BCUT2D eigenvalue weighted by molar-refractivity contribution is 6.38. The Kier molecular flexibility index (Phi) is 8.50. The minimum atomic E-state index is -0.963. The molecule has 3 aliphatic heterocycles. The lowest BCUT2D eigenvalue weighted by atomic mass is 9.95. The van der Waals surface area contributed by atoms with Gasteiger partial charge in [-0.2, -0.15) is 9.97 Å². The van der Waals surface area contributed by atoms with Crippen LogP contribution >= 0.6 is 23.2 Å². The summed E-state index contributed by atoms with van der Waals surface area (Å²) in [5.41, 5.74) is 1.90. The quantitative estimate of drug-likeness (QED) is 0.191. The van der Waals surface area contributed by atoms with Gasteiger partial charge in [0.25, 0.3) is 5.91 Å². The monoisotopic (exact) mass is 665 g/mol. The van der Waals surface area contributed by atoms with Gasteiger partial charge in [-0.3, -0.25) is 9.69 Å². The summed E-state index contributed by atoms with van der Waals surface area (Å²) in [7, 11) is 0. The Labute approximate surface area is 276 Å². The summed E-state index contributed by atoms with van der Waals surface area (Å²) in [4.78, 5) is 26.3. The Balaban J connectivity index is 1.28. The number of hydrogen-bond donors (Lipinski definition) is 1. The maximum absolute atomic E-state index is 14.6. The van der Waals surface area contributed by atoms with Crippen LogP contribution in [0.1, 0.15) is 44.9 Å². The highest BCUT2D eigenvalue weighted by atomic mass is 35.5. The third-order valence-electron chi connectivity index (χ3n) is 9.90. The van der Waals surface area contributed by atoms with Gasteiger partial charge in [0, 0.05) is 40.5 Å². The minimum Gasteiger partial charge on any atom is -0.461 e. The van der Waals surface area contributed by atoms with Crippen LogP contribution in [0.4, 0.5) is 14.6 Å². The van der Waals surface area contributed by atoms with Crippen LogP contribution in [0.15, 0.2) is 54.9 Å². The molecule has 1 aromatic heterocycles. The van der Waals surface area contributed by atoms with Gasteiger partial charge >= 0.3 is 6.01 Å². The number of likely N-dealkylation sites (tertiary alicyclic amines) is 1. The van der Waals surface area contributed by atoms with E-state index in [1.54, 1.807) is 17.0 Å². The molecule has 3 fully saturated rings. The van der Waals surface area contributed by atoms with E-state index in [-0.39, 0.29) is 22.6 Å². The van der Waals surface area contributed by atoms with Crippen molar-refractivity contribution in [2.75, 3.05) is 38.1 Å². The number of benzene rings is 3. The number of fused-ring (bicyclic) bond motifs is 3. The van der Waals surface area contributed by atoms with Crippen LogP contribution in [0.3, 0.4) is 0 Å². The number of carbonyl (C=O) groups is 1. The van der Waals surface area contributed by atoms with Gasteiger partial charge in [-0.15, -0.1) is 0 Å². The second-order valence-electron chi connectivity index (χ2n) is 12.6. The number of halogens is 4. The predicted octanol–water partition coefficient (Wildman–Crippen LogP) is 8.18. The van der Waals surface area contributed by atoms with Crippen LogP contribution in [-0.4, -0.2) is 70.0 Å². The lowest BCUT2D eigenvalue weighted by molar-refractivity contribution is -0.131. The zero-order valence-corrected chi connectivity index (χ0v) is 26.9. The van der Waals surface area contributed by atoms with Crippen LogP contribution in [0.5, 0.6) is 6.01 Å². The standard InChI is InChI=1S/C35H35Cl2F2N5O2/c1-21(38)33(45)44-16-3-2-8-23(44)19-40-32-26-17-27(36)25(24-9-4-7-22-10-11-28(39)31(37)30(22)24)18-29(26)41-34(42-32)46-20-35-12-5-14-43(35)15-6-13-35/h4,7,9-11,17-18,23H,1-3,5-6,8,12-16,19-20H2,(H,40,41,42)/t23-/m0/s1. The molecule has 0 spiro atoms. The Morgan fingerprint density at radius 1 is 1.04 bits per heavy atom. The van der Waals surface area contributed by atoms with Crippen molar-refractivity contribution >= 4 is 56.6 Å². The number of ether oxygens (including phenoxy) is 1. The topological polar surface area (TPSA) is 70.6 Å². The molecule has 0 aliphatic carbocycles. The molecule has 1 atom stereocenters. The molecule has 4 heterocycles. The minimum absolute atomic E-state index is 0.00143. The van der Waals surface area contributed by atoms with Crippen molar-refractivity contribution in [3.63, 3.8) is 0 Å². The number of anilines is 1. The van der Waals surface area contributed by atoms with E-state index >= 15 is 0 Å². The van der Waals surface area contributed by atoms with Crippen molar-refractivity contribution in [2.24, 2.45) is 0 Å². The van der Waals surface area contributed by atoms with Gasteiger partial charge in [0.05, 0.1) is 16.1 Å². The maximum atomic E-state index is 14.6. The number of nitrogens with zero attached hydrogens (tertiary/aromatic N) is 4. The zero-order valence-electron chi connectivity index (χ0n) is 25.4. The van der Waals surface area contributed by atoms with E-state index < -0.39 is 17.6 Å². The molecule has 7 rings (SSSR count). The first-order chi connectivity index (χ1) is 22.2. The van der Waals surface area contributed by atoms with E-state index in [4.69, 9.17) is 37.9 Å². The number of amides is 1. The van der Waals surface area contributed by atoms with E-state index in [1.165, 1.54) is 6.07 Å². The van der Waals surface area contributed by atoms with Gasteiger partial charge in [-0.05, 0) is 87.2 Å². The number of nitrogens with one attached hydrogen (secondary N) is 1. The van der Waals surface area contributed by atoms with Crippen LogP contribution in [0.2, 0.25) is 10.0 Å². The molecule has 3 aromatic carbocycles. The maximum Gasteiger partial charge on any atom is 0.319 e. The fourth-order valence-electron chi connectivity index (χ4n) is 7.58. The largest absolute Gasteiger partial charge is 0.461 e. The molecular weight excluding hydrogens is 631 g/mol. The van der Waals surface area contributed by atoms with Crippen molar-refractivity contribution in [3.8, 4) is 17.1 Å². The summed E-state index contributed by atoms with van der Waals surface area (Å²) < 4.78 is 34.8. The van der Waals surface area contributed by atoms with Gasteiger partial charge in [-0.25, -0.2) is 8.78 Å². The van der Waals surface area contributed by atoms with Gasteiger partial charge in [0.1, 0.15) is 18.2 Å². The summed E-state index contributed by atoms with van der Waals surface area (Å²) >= 11 is 13.4. The van der Waals surface area contributed by atoms with E-state index in [2.05, 4.69) is 16.8 Å². The Bertz CT molecular complexity index is 1840. The third kappa shape index (κ3) is 5.67. The number of carbonyl (C=O) groups excluding carboxylic acids is 1. The van der Waals surface area contributed by atoms with Crippen molar-refractivity contribution < 1.29 is 18.3 Å². The van der Waals surface area contributed by atoms with Crippen molar-refractivity contribution in [1.82, 2.24) is 19.8 Å². The molecule has 0 bridgehead atoms. The van der Waals surface area contributed by atoms with Crippen molar-refractivity contribution in [3.05, 3.63) is 70.7 Å². The molecule has 46 heavy (non-hydrogen) atoms. The normalized spacial score (nSPS) is 19.5. The first-order valence-corrected chi connectivity index (χ1v) is 16.7. The fraction of sp³-hybridized carbons (Fsp3) is 0.400.